The second-order valence-corrected chi connectivity index (χ2v) is 14.0. The number of fused-ring (bicyclic) bond motifs is 9. The third-order valence-corrected chi connectivity index (χ3v) is 11.0. The standard InChI is InChI=1S/C50H33NO2/c1-2-11-35(12-3-1)51(36-25-21-32(22-26-36)39-17-10-18-43-42-15-6-8-19-46(42)53-50(39)43)45-29-28-37(40-13-4-5-14-41(40)45)33-23-27-38-34(31-33)24-30-48-49(38)44-16-7-9-20-47(44)52-48/h1-31,39,50H. The number of anilines is 3. The predicted octanol–water partition coefficient (Wildman–Crippen LogP) is 13.5. The average molecular weight is 680 g/mol. The lowest BCUT2D eigenvalue weighted by Crippen LogP contribution is -2.23. The third-order valence-electron chi connectivity index (χ3n) is 11.0. The van der Waals surface area contributed by atoms with Gasteiger partial charge in [0.05, 0.1) is 5.69 Å². The lowest BCUT2D eigenvalue weighted by atomic mass is 9.84. The molecule has 2 heterocycles. The largest absolute Gasteiger partial charge is 0.484 e. The Hall–Kier alpha value is -6.84. The number of furan rings is 1. The van der Waals surface area contributed by atoms with Crippen LogP contribution < -0.4 is 9.64 Å². The van der Waals surface area contributed by atoms with Gasteiger partial charge in [-0.15, -0.1) is 0 Å². The summed E-state index contributed by atoms with van der Waals surface area (Å²) >= 11 is 0. The van der Waals surface area contributed by atoms with Crippen LogP contribution in [-0.4, -0.2) is 6.10 Å². The zero-order chi connectivity index (χ0) is 34.9. The van der Waals surface area contributed by atoms with Crippen molar-refractivity contribution >= 4 is 66.1 Å². The molecule has 0 radical (unpaired) electrons. The van der Waals surface area contributed by atoms with E-state index in [1.807, 2.05) is 18.2 Å². The van der Waals surface area contributed by atoms with Crippen molar-refractivity contribution in [2.45, 2.75) is 12.0 Å². The summed E-state index contributed by atoms with van der Waals surface area (Å²) in [7, 11) is 0. The maximum absolute atomic E-state index is 6.51. The van der Waals surface area contributed by atoms with Gasteiger partial charge in [-0.25, -0.2) is 0 Å². The van der Waals surface area contributed by atoms with Gasteiger partial charge in [-0.2, -0.15) is 0 Å². The monoisotopic (exact) mass is 679 g/mol. The lowest BCUT2D eigenvalue weighted by molar-refractivity contribution is 0.258. The molecule has 2 unspecified atom stereocenters. The fourth-order valence-electron chi connectivity index (χ4n) is 8.58. The van der Waals surface area contributed by atoms with Crippen molar-refractivity contribution in [3.05, 3.63) is 199 Å². The molecule has 3 nitrogen and oxygen atoms in total. The first-order valence-corrected chi connectivity index (χ1v) is 18.2. The van der Waals surface area contributed by atoms with Gasteiger partial charge in [0.1, 0.15) is 23.0 Å². The minimum Gasteiger partial charge on any atom is -0.484 e. The second-order valence-electron chi connectivity index (χ2n) is 14.0. The summed E-state index contributed by atoms with van der Waals surface area (Å²) in [6.07, 6.45) is 6.62. The number of allylic oxidation sites excluding steroid dienone is 2. The summed E-state index contributed by atoms with van der Waals surface area (Å²) in [5, 5.41) is 7.13. The molecule has 53 heavy (non-hydrogen) atoms. The van der Waals surface area contributed by atoms with Crippen LogP contribution in [0.25, 0.3) is 60.2 Å². The summed E-state index contributed by atoms with van der Waals surface area (Å²) in [4.78, 5) is 2.38. The minimum atomic E-state index is -0.0230. The number of ether oxygens (including phenoxy) is 1. The smallest absolute Gasteiger partial charge is 0.136 e. The van der Waals surface area contributed by atoms with Gasteiger partial charge in [-0.3, -0.25) is 0 Å². The molecule has 0 spiro atoms. The molecule has 11 rings (SSSR count). The van der Waals surface area contributed by atoms with Gasteiger partial charge in [-0.05, 0) is 87.4 Å². The highest BCUT2D eigenvalue weighted by molar-refractivity contribution is 6.19. The normalized spacial score (nSPS) is 16.1. The number of hydrogen-bond acceptors (Lipinski definition) is 3. The van der Waals surface area contributed by atoms with Crippen LogP contribution in [0.5, 0.6) is 5.75 Å². The van der Waals surface area contributed by atoms with Gasteiger partial charge < -0.3 is 14.1 Å². The van der Waals surface area contributed by atoms with Gasteiger partial charge >= 0.3 is 0 Å². The summed E-state index contributed by atoms with van der Waals surface area (Å²) in [6.45, 7) is 0. The molecular formula is C50H33NO2. The van der Waals surface area contributed by atoms with E-state index in [-0.39, 0.29) is 12.0 Å². The Bertz CT molecular complexity index is 2930. The Balaban J connectivity index is 0.998. The molecule has 3 heteroatoms. The van der Waals surface area contributed by atoms with Crippen LogP contribution in [-0.2, 0) is 0 Å². The molecule has 1 aliphatic carbocycles. The molecule has 0 bridgehead atoms. The van der Waals surface area contributed by atoms with Gasteiger partial charge in [0.2, 0.25) is 0 Å². The fraction of sp³-hybridized carbons (Fsp3) is 0.0400. The highest BCUT2D eigenvalue weighted by Gasteiger charge is 2.35. The molecule has 1 aliphatic heterocycles. The van der Waals surface area contributed by atoms with E-state index in [1.54, 1.807) is 0 Å². The number of rotatable bonds is 5. The first-order valence-electron chi connectivity index (χ1n) is 18.2. The first-order chi connectivity index (χ1) is 26.3. The van der Waals surface area contributed by atoms with Gasteiger partial charge in [0.25, 0.3) is 0 Å². The predicted molar refractivity (Wildman–Crippen MR) is 220 cm³/mol. The summed E-state index contributed by atoms with van der Waals surface area (Å²) in [5.74, 6) is 1.10. The first kappa shape index (κ1) is 29.8. The summed E-state index contributed by atoms with van der Waals surface area (Å²) < 4.78 is 12.7. The fourth-order valence-corrected chi connectivity index (χ4v) is 8.58. The Morgan fingerprint density at radius 2 is 1.26 bits per heavy atom. The van der Waals surface area contributed by atoms with Crippen molar-refractivity contribution in [3.8, 4) is 16.9 Å². The molecule has 0 amide bonds. The van der Waals surface area contributed by atoms with E-state index in [2.05, 4.69) is 175 Å². The van der Waals surface area contributed by atoms with Crippen LogP contribution in [0, 0.1) is 0 Å². The molecule has 8 aromatic carbocycles. The highest BCUT2D eigenvalue weighted by atomic mass is 16.5. The Kier molecular flexibility index (Phi) is 6.68. The molecule has 0 fully saturated rings. The molecule has 2 aliphatic rings. The van der Waals surface area contributed by atoms with Crippen LogP contribution in [0.3, 0.4) is 0 Å². The van der Waals surface area contributed by atoms with Gasteiger partial charge in [0.15, 0.2) is 0 Å². The van der Waals surface area contributed by atoms with Crippen molar-refractivity contribution in [2.24, 2.45) is 0 Å². The second kappa shape index (κ2) is 11.9. The Morgan fingerprint density at radius 3 is 2.15 bits per heavy atom. The lowest BCUT2D eigenvalue weighted by Gasteiger charge is -2.29. The topological polar surface area (TPSA) is 25.6 Å². The quantitative estimate of drug-likeness (QED) is 0.181. The third kappa shape index (κ3) is 4.74. The van der Waals surface area contributed by atoms with Crippen LogP contribution in [0.4, 0.5) is 17.1 Å². The van der Waals surface area contributed by atoms with Gasteiger partial charge in [0, 0.05) is 44.6 Å². The molecule has 0 saturated carbocycles. The minimum absolute atomic E-state index is 0.0230. The van der Waals surface area contributed by atoms with E-state index in [0.717, 1.165) is 39.4 Å². The Labute approximate surface area is 307 Å². The number of nitrogens with zero attached hydrogens (tertiary/aromatic N) is 1. The molecule has 1 aromatic heterocycles. The van der Waals surface area contributed by atoms with Crippen LogP contribution in [0.2, 0.25) is 0 Å². The number of hydrogen-bond donors (Lipinski definition) is 0. The van der Waals surface area contributed by atoms with Crippen molar-refractivity contribution in [1.29, 1.82) is 0 Å². The van der Waals surface area contributed by atoms with E-state index in [9.17, 15) is 0 Å². The van der Waals surface area contributed by atoms with Gasteiger partial charge in [-0.1, -0.05) is 133 Å². The van der Waals surface area contributed by atoms with E-state index >= 15 is 0 Å². The Morgan fingerprint density at radius 1 is 0.509 bits per heavy atom. The van der Waals surface area contributed by atoms with E-state index < -0.39 is 0 Å². The van der Waals surface area contributed by atoms with Crippen LogP contribution in [0.1, 0.15) is 17.0 Å². The van der Waals surface area contributed by atoms with Crippen LogP contribution in [0.15, 0.2) is 193 Å². The molecule has 0 saturated heterocycles. The van der Waals surface area contributed by atoms with Crippen LogP contribution >= 0.6 is 0 Å². The van der Waals surface area contributed by atoms with Crippen molar-refractivity contribution < 1.29 is 9.15 Å². The maximum Gasteiger partial charge on any atom is 0.136 e. The van der Waals surface area contributed by atoms with Crippen molar-refractivity contribution in [3.63, 3.8) is 0 Å². The van der Waals surface area contributed by atoms with Crippen molar-refractivity contribution in [2.75, 3.05) is 4.90 Å². The van der Waals surface area contributed by atoms with Crippen molar-refractivity contribution in [1.82, 2.24) is 0 Å². The average Bonchev–Trinajstić information content (AvgIpc) is 3.80. The van der Waals surface area contributed by atoms with E-state index in [1.165, 1.54) is 54.8 Å². The maximum atomic E-state index is 6.51. The van der Waals surface area contributed by atoms with E-state index in [4.69, 9.17) is 9.15 Å². The molecule has 250 valence electrons. The zero-order valence-electron chi connectivity index (χ0n) is 28.8. The SMILES string of the molecule is C1=CC(c2ccc(N(c3ccccc3)c3ccc(-c4ccc5c(ccc6oc7ccccc7c65)c4)c4ccccc34)cc2)C2Oc3ccccc3C2=C1. The molecule has 2 atom stereocenters. The number of benzene rings is 8. The molecule has 0 N–H and O–H groups in total. The summed E-state index contributed by atoms with van der Waals surface area (Å²) in [5.41, 5.74) is 11.3. The van der Waals surface area contributed by atoms with E-state index in [0.29, 0.717) is 0 Å². The molecule has 9 aromatic rings. The number of para-hydroxylation sites is 3. The molecular weight excluding hydrogens is 647 g/mol. The zero-order valence-corrected chi connectivity index (χ0v) is 28.8. The summed E-state index contributed by atoms with van der Waals surface area (Å²) in [6, 6.07) is 60.8. The highest BCUT2D eigenvalue weighted by Crippen LogP contribution is 2.47.